The molecule has 3 N–H and O–H groups in total. The van der Waals surface area contributed by atoms with E-state index in [2.05, 4.69) is 15.9 Å². The van der Waals surface area contributed by atoms with Crippen molar-refractivity contribution in [2.75, 3.05) is 0 Å². The standard InChI is InChI=1S/C11H10BrN3O3/c12-8-2-1-4-15(11(8)17)6-9-7(3-5-18-9)10(16)14-13/h1-5H,6,13H2,(H,14,16). The van der Waals surface area contributed by atoms with Gasteiger partial charge < -0.3 is 8.98 Å². The third-order valence-electron chi connectivity index (χ3n) is 2.41. The van der Waals surface area contributed by atoms with Gasteiger partial charge in [0.15, 0.2) is 0 Å². The highest BCUT2D eigenvalue weighted by Gasteiger charge is 2.14. The summed E-state index contributed by atoms with van der Waals surface area (Å²) in [5.74, 6) is 4.98. The van der Waals surface area contributed by atoms with Gasteiger partial charge in [-0.15, -0.1) is 0 Å². The van der Waals surface area contributed by atoms with Crippen LogP contribution in [0.5, 0.6) is 0 Å². The Bertz CT molecular complexity index is 632. The van der Waals surface area contributed by atoms with Crippen LogP contribution < -0.4 is 16.8 Å². The van der Waals surface area contributed by atoms with E-state index in [1.807, 2.05) is 5.43 Å². The van der Waals surface area contributed by atoms with Gasteiger partial charge in [0.2, 0.25) is 0 Å². The molecule has 0 atom stereocenters. The van der Waals surface area contributed by atoms with Gasteiger partial charge in [0.25, 0.3) is 11.5 Å². The molecule has 18 heavy (non-hydrogen) atoms. The second-order valence-corrected chi connectivity index (χ2v) is 4.37. The monoisotopic (exact) mass is 311 g/mol. The number of nitrogens with two attached hydrogens (primary N) is 1. The number of rotatable bonds is 3. The molecule has 2 rings (SSSR count). The Balaban J connectivity index is 2.35. The van der Waals surface area contributed by atoms with Crippen molar-refractivity contribution in [1.29, 1.82) is 0 Å². The Hall–Kier alpha value is -1.86. The van der Waals surface area contributed by atoms with Crippen LogP contribution in [-0.4, -0.2) is 10.5 Å². The van der Waals surface area contributed by atoms with E-state index in [-0.39, 0.29) is 12.1 Å². The third-order valence-corrected chi connectivity index (χ3v) is 3.01. The molecule has 0 aliphatic carbocycles. The first kappa shape index (κ1) is 12.6. The van der Waals surface area contributed by atoms with Gasteiger partial charge in [0, 0.05) is 6.20 Å². The van der Waals surface area contributed by atoms with Gasteiger partial charge >= 0.3 is 0 Å². The molecule has 2 aromatic rings. The Morgan fingerprint density at radius 2 is 2.28 bits per heavy atom. The fraction of sp³-hybridized carbons (Fsp3) is 0.0909. The normalized spacial score (nSPS) is 10.3. The van der Waals surface area contributed by atoms with Crippen molar-refractivity contribution in [3.8, 4) is 0 Å². The molecule has 2 heterocycles. The summed E-state index contributed by atoms with van der Waals surface area (Å²) in [5.41, 5.74) is 2.13. The first-order chi connectivity index (χ1) is 8.63. The first-order valence-corrected chi connectivity index (χ1v) is 5.85. The number of halogens is 1. The number of furan rings is 1. The summed E-state index contributed by atoms with van der Waals surface area (Å²) in [4.78, 5) is 23.2. The fourth-order valence-corrected chi connectivity index (χ4v) is 1.91. The van der Waals surface area contributed by atoms with Gasteiger partial charge in [-0.2, -0.15) is 0 Å². The number of hydrogen-bond donors (Lipinski definition) is 2. The molecule has 6 nitrogen and oxygen atoms in total. The van der Waals surface area contributed by atoms with E-state index in [1.165, 1.54) is 16.9 Å². The van der Waals surface area contributed by atoms with Crippen molar-refractivity contribution in [2.24, 2.45) is 5.84 Å². The number of hydrogen-bond acceptors (Lipinski definition) is 4. The third kappa shape index (κ3) is 2.36. The lowest BCUT2D eigenvalue weighted by Crippen LogP contribution is -2.31. The number of nitrogen functional groups attached to an aromatic ring is 1. The average Bonchev–Trinajstić information content (AvgIpc) is 2.82. The molecule has 7 heteroatoms. The number of aromatic nitrogens is 1. The van der Waals surface area contributed by atoms with Gasteiger partial charge in [0.05, 0.1) is 22.8 Å². The van der Waals surface area contributed by atoms with Crippen LogP contribution in [0.4, 0.5) is 0 Å². The molecule has 0 bridgehead atoms. The maximum Gasteiger partial charge on any atom is 0.268 e. The van der Waals surface area contributed by atoms with Crippen LogP contribution >= 0.6 is 15.9 Å². The molecular formula is C11H10BrN3O3. The van der Waals surface area contributed by atoms with Crippen molar-refractivity contribution in [2.45, 2.75) is 6.54 Å². The summed E-state index contributed by atoms with van der Waals surface area (Å²) in [6.45, 7) is 0.161. The Kier molecular flexibility index (Phi) is 3.63. The SMILES string of the molecule is NNC(=O)c1ccoc1Cn1cccc(Br)c1=O. The Labute approximate surface area is 110 Å². The molecule has 0 fully saturated rings. The van der Waals surface area contributed by atoms with E-state index in [0.717, 1.165) is 0 Å². The first-order valence-electron chi connectivity index (χ1n) is 5.05. The molecule has 2 aromatic heterocycles. The van der Waals surface area contributed by atoms with Crippen LogP contribution in [0.2, 0.25) is 0 Å². The van der Waals surface area contributed by atoms with Crippen LogP contribution in [0.25, 0.3) is 0 Å². The molecule has 0 aliphatic heterocycles. The maximum atomic E-state index is 11.8. The summed E-state index contributed by atoms with van der Waals surface area (Å²) >= 11 is 3.15. The number of amides is 1. The van der Waals surface area contributed by atoms with E-state index in [0.29, 0.717) is 15.8 Å². The topological polar surface area (TPSA) is 90.3 Å². The molecule has 0 saturated carbocycles. The zero-order chi connectivity index (χ0) is 13.1. The second-order valence-electron chi connectivity index (χ2n) is 3.52. The van der Waals surface area contributed by atoms with E-state index >= 15 is 0 Å². The van der Waals surface area contributed by atoms with E-state index in [9.17, 15) is 9.59 Å². The number of nitrogens with zero attached hydrogens (tertiary/aromatic N) is 1. The van der Waals surface area contributed by atoms with Crippen LogP contribution in [-0.2, 0) is 6.54 Å². The molecule has 94 valence electrons. The Morgan fingerprint density at radius 3 is 3.00 bits per heavy atom. The number of carbonyl (C=O) groups excluding carboxylic acids is 1. The number of pyridine rings is 1. The number of carbonyl (C=O) groups is 1. The van der Waals surface area contributed by atoms with Crippen molar-refractivity contribution in [3.63, 3.8) is 0 Å². The van der Waals surface area contributed by atoms with E-state index < -0.39 is 5.91 Å². The highest BCUT2D eigenvalue weighted by atomic mass is 79.9. The Morgan fingerprint density at radius 1 is 1.50 bits per heavy atom. The lowest BCUT2D eigenvalue weighted by molar-refractivity contribution is 0.0951. The highest BCUT2D eigenvalue weighted by molar-refractivity contribution is 9.10. The number of hydrazine groups is 1. The molecular weight excluding hydrogens is 302 g/mol. The van der Waals surface area contributed by atoms with Gasteiger partial charge in [-0.1, -0.05) is 0 Å². The van der Waals surface area contributed by atoms with Crippen molar-refractivity contribution in [3.05, 3.63) is 56.8 Å². The highest BCUT2D eigenvalue weighted by Crippen LogP contribution is 2.12. The molecule has 0 aromatic carbocycles. The quantitative estimate of drug-likeness (QED) is 0.499. The fourth-order valence-electron chi connectivity index (χ4n) is 1.53. The number of nitrogens with one attached hydrogen (secondary N) is 1. The zero-order valence-electron chi connectivity index (χ0n) is 9.22. The summed E-state index contributed by atoms with van der Waals surface area (Å²) in [6.07, 6.45) is 2.99. The van der Waals surface area contributed by atoms with E-state index in [1.54, 1.807) is 18.3 Å². The lowest BCUT2D eigenvalue weighted by atomic mass is 10.2. The van der Waals surface area contributed by atoms with Gasteiger partial charge in [-0.25, -0.2) is 5.84 Å². The van der Waals surface area contributed by atoms with Gasteiger partial charge in [0.1, 0.15) is 5.76 Å². The molecule has 0 saturated heterocycles. The summed E-state index contributed by atoms with van der Waals surface area (Å²) in [6, 6.07) is 4.87. The summed E-state index contributed by atoms with van der Waals surface area (Å²) in [7, 11) is 0. The summed E-state index contributed by atoms with van der Waals surface area (Å²) < 4.78 is 7.07. The van der Waals surface area contributed by atoms with Gasteiger partial charge in [-0.3, -0.25) is 15.0 Å². The smallest absolute Gasteiger partial charge is 0.268 e. The molecule has 0 spiro atoms. The van der Waals surface area contributed by atoms with E-state index in [4.69, 9.17) is 10.3 Å². The average molecular weight is 312 g/mol. The minimum absolute atomic E-state index is 0.161. The maximum absolute atomic E-state index is 11.8. The molecule has 0 aliphatic rings. The minimum Gasteiger partial charge on any atom is -0.467 e. The van der Waals surface area contributed by atoms with Crippen molar-refractivity contribution in [1.82, 2.24) is 9.99 Å². The summed E-state index contributed by atoms with van der Waals surface area (Å²) in [5, 5.41) is 0. The van der Waals surface area contributed by atoms with Crippen molar-refractivity contribution < 1.29 is 9.21 Å². The molecule has 0 unspecified atom stereocenters. The largest absolute Gasteiger partial charge is 0.467 e. The van der Waals surface area contributed by atoms with Crippen molar-refractivity contribution >= 4 is 21.8 Å². The molecule has 0 radical (unpaired) electrons. The molecule has 1 amide bonds. The van der Waals surface area contributed by atoms with Crippen LogP contribution in [0.15, 0.2) is 44.3 Å². The van der Waals surface area contributed by atoms with Crippen LogP contribution in [0.1, 0.15) is 16.1 Å². The van der Waals surface area contributed by atoms with Crippen LogP contribution in [0.3, 0.4) is 0 Å². The van der Waals surface area contributed by atoms with Crippen LogP contribution in [0, 0.1) is 0 Å². The predicted molar refractivity (Wildman–Crippen MR) is 67.9 cm³/mol. The second kappa shape index (κ2) is 5.19. The lowest BCUT2D eigenvalue weighted by Gasteiger charge is -2.05. The minimum atomic E-state index is -0.457. The predicted octanol–water partition coefficient (Wildman–Crippen LogP) is 0.856. The zero-order valence-corrected chi connectivity index (χ0v) is 10.8. The van der Waals surface area contributed by atoms with Gasteiger partial charge in [-0.05, 0) is 34.1 Å².